The van der Waals surface area contributed by atoms with E-state index >= 15 is 0 Å². The van der Waals surface area contributed by atoms with E-state index in [1.165, 1.54) is 39.6 Å². The lowest BCUT2D eigenvalue weighted by Gasteiger charge is -2.16. The average Bonchev–Trinajstić information content (AvgIpc) is 2.66. The molecule has 0 aliphatic rings. The second kappa shape index (κ2) is 6.86. The van der Waals surface area contributed by atoms with Gasteiger partial charge < -0.3 is 10.3 Å². The van der Waals surface area contributed by atoms with Crippen LogP contribution in [0.1, 0.15) is 5.69 Å². The van der Waals surface area contributed by atoms with E-state index in [2.05, 4.69) is 4.98 Å². The monoisotopic (exact) mass is 410 g/mol. The van der Waals surface area contributed by atoms with E-state index in [1.54, 1.807) is 26.1 Å². The van der Waals surface area contributed by atoms with Crippen LogP contribution in [0, 0.1) is 12.7 Å². The van der Waals surface area contributed by atoms with Crippen molar-refractivity contribution >= 4 is 28.3 Å². The van der Waals surface area contributed by atoms with Crippen molar-refractivity contribution in [3.8, 4) is 16.8 Å². The number of fused-ring (bicyclic) bond motifs is 1. The number of nitrogen functional groups attached to an aromatic ring is 1. The van der Waals surface area contributed by atoms with Gasteiger partial charge in [-0.15, -0.1) is 0 Å². The van der Waals surface area contributed by atoms with Gasteiger partial charge in [-0.05, 0) is 43.3 Å². The summed E-state index contributed by atoms with van der Waals surface area (Å²) < 4.78 is 17.3. The quantitative estimate of drug-likeness (QED) is 0.548. The molecule has 6 nitrogen and oxygen atoms in total. The molecule has 29 heavy (non-hydrogen) atoms. The smallest absolute Gasteiger partial charge is 0.266 e. The lowest BCUT2D eigenvalue weighted by atomic mass is 10.0. The fourth-order valence-electron chi connectivity index (χ4n) is 3.29. The second-order valence-electron chi connectivity index (χ2n) is 6.72. The molecule has 3 heterocycles. The van der Waals surface area contributed by atoms with Crippen molar-refractivity contribution in [3.05, 3.63) is 85.9 Å². The van der Waals surface area contributed by atoms with Gasteiger partial charge in [-0.1, -0.05) is 11.6 Å². The Morgan fingerprint density at radius 3 is 2.55 bits per heavy atom. The van der Waals surface area contributed by atoms with Crippen LogP contribution in [0.4, 0.5) is 10.1 Å². The van der Waals surface area contributed by atoms with E-state index in [0.29, 0.717) is 16.6 Å². The van der Waals surface area contributed by atoms with Gasteiger partial charge in [0.2, 0.25) is 5.56 Å². The first-order valence-electron chi connectivity index (χ1n) is 8.72. The van der Waals surface area contributed by atoms with E-state index in [-0.39, 0.29) is 33.2 Å². The Kier molecular flexibility index (Phi) is 4.47. The van der Waals surface area contributed by atoms with E-state index in [1.807, 2.05) is 0 Å². The van der Waals surface area contributed by atoms with Gasteiger partial charge in [0.15, 0.2) is 0 Å². The van der Waals surface area contributed by atoms with Gasteiger partial charge >= 0.3 is 0 Å². The second-order valence-corrected chi connectivity index (χ2v) is 7.15. The third-order valence-electron chi connectivity index (χ3n) is 4.73. The number of nitrogens with zero attached hydrogens (tertiary/aromatic N) is 3. The summed E-state index contributed by atoms with van der Waals surface area (Å²) in [5.74, 6) is -0.666. The van der Waals surface area contributed by atoms with Crippen LogP contribution >= 0.6 is 11.6 Å². The van der Waals surface area contributed by atoms with Crippen molar-refractivity contribution in [2.75, 3.05) is 5.73 Å². The van der Waals surface area contributed by atoms with Crippen molar-refractivity contribution < 1.29 is 4.39 Å². The molecule has 4 aromatic rings. The van der Waals surface area contributed by atoms with Crippen molar-refractivity contribution in [1.82, 2.24) is 14.1 Å². The molecule has 0 unspecified atom stereocenters. The number of aromatic nitrogens is 3. The predicted molar refractivity (Wildman–Crippen MR) is 112 cm³/mol. The number of anilines is 1. The Bertz CT molecular complexity index is 1410. The summed E-state index contributed by atoms with van der Waals surface area (Å²) in [5, 5.41) is 0.704. The number of nitrogens with two attached hydrogens (primary N) is 1. The number of rotatable bonds is 2. The minimum Gasteiger partial charge on any atom is -0.397 e. The minimum atomic E-state index is -0.666. The summed E-state index contributed by atoms with van der Waals surface area (Å²) in [5.41, 5.74) is 7.28. The SMILES string of the molecule is Cc1ccc2c(N)c(-c3ccc(=O)n(C)c3)c(=O)n(-c3ccc(Cl)cc3F)c2n1. The highest BCUT2D eigenvalue weighted by Crippen LogP contribution is 2.30. The number of benzene rings is 1. The van der Waals surface area contributed by atoms with Gasteiger partial charge in [0.25, 0.3) is 5.56 Å². The van der Waals surface area contributed by atoms with Gasteiger partial charge in [-0.3, -0.25) is 14.2 Å². The summed E-state index contributed by atoms with van der Waals surface area (Å²) in [7, 11) is 1.57. The maximum Gasteiger partial charge on any atom is 0.266 e. The van der Waals surface area contributed by atoms with Crippen LogP contribution in [0.2, 0.25) is 5.02 Å². The van der Waals surface area contributed by atoms with Crippen LogP contribution in [0.5, 0.6) is 0 Å². The van der Waals surface area contributed by atoms with Crippen molar-refractivity contribution in [3.63, 3.8) is 0 Å². The lowest BCUT2D eigenvalue weighted by molar-refractivity contribution is 0.618. The molecule has 146 valence electrons. The van der Waals surface area contributed by atoms with Crippen molar-refractivity contribution in [2.45, 2.75) is 6.92 Å². The first kappa shape index (κ1) is 18.9. The number of aryl methyl sites for hydroxylation is 2. The normalized spacial score (nSPS) is 11.2. The van der Waals surface area contributed by atoms with Crippen molar-refractivity contribution in [2.24, 2.45) is 7.05 Å². The highest BCUT2D eigenvalue weighted by molar-refractivity contribution is 6.30. The van der Waals surface area contributed by atoms with E-state index < -0.39 is 11.4 Å². The topological polar surface area (TPSA) is 82.9 Å². The molecular weight excluding hydrogens is 395 g/mol. The number of pyridine rings is 3. The summed E-state index contributed by atoms with van der Waals surface area (Å²) in [6.07, 6.45) is 1.52. The first-order chi connectivity index (χ1) is 13.8. The zero-order valence-corrected chi connectivity index (χ0v) is 16.4. The van der Waals surface area contributed by atoms with Crippen molar-refractivity contribution in [1.29, 1.82) is 0 Å². The van der Waals surface area contributed by atoms with Gasteiger partial charge in [-0.2, -0.15) is 0 Å². The number of hydrogen-bond donors (Lipinski definition) is 1. The van der Waals surface area contributed by atoms with E-state index in [4.69, 9.17) is 17.3 Å². The van der Waals surface area contributed by atoms with Crippen LogP contribution in [-0.2, 0) is 7.05 Å². The van der Waals surface area contributed by atoms with Crippen LogP contribution in [0.3, 0.4) is 0 Å². The highest BCUT2D eigenvalue weighted by atomic mass is 35.5. The molecule has 0 bridgehead atoms. The Morgan fingerprint density at radius 1 is 1.10 bits per heavy atom. The minimum absolute atomic E-state index is 0.00794. The average molecular weight is 411 g/mol. The van der Waals surface area contributed by atoms with Crippen LogP contribution < -0.4 is 16.9 Å². The molecule has 0 atom stereocenters. The van der Waals surface area contributed by atoms with Gasteiger partial charge in [0, 0.05) is 41.0 Å². The van der Waals surface area contributed by atoms with E-state index in [9.17, 15) is 14.0 Å². The Morgan fingerprint density at radius 2 is 1.86 bits per heavy atom. The van der Waals surface area contributed by atoms with Crippen LogP contribution in [0.15, 0.2) is 58.3 Å². The molecule has 1 aromatic carbocycles. The lowest BCUT2D eigenvalue weighted by Crippen LogP contribution is -2.25. The molecule has 0 radical (unpaired) electrons. The van der Waals surface area contributed by atoms with E-state index in [0.717, 1.165) is 6.07 Å². The Balaban J connectivity index is 2.19. The molecule has 3 aromatic heterocycles. The Labute approximate surface area is 169 Å². The summed E-state index contributed by atoms with van der Waals surface area (Å²) >= 11 is 5.88. The maximum absolute atomic E-state index is 14.7. The van der Waals surface area contributed by atoms with Crippen LogP contribution in [-0.4, -0.2) is 14.1 Å². The first-order valence-corrected chi connectivity index (χ1v) is 9.10. The zero-order valence-electron chi connectivity index (χ0n) is 15.6. The molecule has 8 heteroatoms. The molecule has 0 aliphatic carbocycles. The van der Waals surface area contributed by atoms with Gasteiger partial charge in [0.05, 0.1) is 16.9 Å². The zero-order chi connectivity index (χ0) is 20.9. The highest BCUT2D eigenvalue weighted by Gasteiger charge is 2.20. The van der Waals surface area contributed by atoms with Crippen LogP contribution in [0.25, 0.3) is 27.8 Å². The molecule has 0 saturated heterocycles. The summed E-state index contributed by atoms with van der Waals surface area (Å²) in [4.78, 5) is 29.7. The summed E-state index contributed by atoms with van der Waals surface area (Å²) in [6, 6.07) is 10.4. The molecule has 0 fully saturated rings. The predicted octanol–water partition coefficient (Wildman–Crippen LogP) is 3.43. The molecule has 0 aliphatic heterocycles. The molecule has 0 saturated carbocycles. The fraction of sp³-hybridized carbons (Fsp3) is 0.0952. The summed E-state index contributed by atoms with van der Waals surface area (Å²) in [6.45, 7) is 1.77. The standard InChI is InChI=1S/C21H16ClFN4O2/c1-11-3-6-14-19(24)18(12-4-8-17(28)26(2)10-12)21(29)27(20(14)25-11)16-7-5-13(22)9-15(16)23/h3-10H,24H2,1-2H3. The maximum atomic E-state index is 14.7. The molecule has 2 N–H and O–H groups in total. The van der Waals surface area contributed by atoms with Gasteiger partial charge in [0.1, 0.15) is 11.5 Å². The largest absolute Gasteiger partial charge is 0.397 e. The molecule has 4 rings (SSSR count). The molecular formula is C21H16ClFN4O2. The number of hydrogen-bond acceptors (Lipinski definition) is 4. The molecule has 0 amide bonds. The third-order valence-corrected chi connectivity index (χ3v) is 4.96. The number of halogens is 2. The van der Waals surface area contributed by atoms with Gasteiger partial charge in [-0.25, -0.2) is 9.37 Å². The molecule has 0 spiro atoms. The Hall–Kier alpha value is -3.45. The third kappa shape index (κ3) is 3.09. The fourth-order valence-corrected chi connectivity index (χ4v) is 3.45.